The molecule has 0 amide bonds. The lowest BCUT2D eigenvalue weighted by Crippen LogP contribution is -2.29. The van der Waals surface area contributed by atoms with Crippen molar-refractivity contribution in [3.8, 4) is 0 Å². The van der Waals surface area contributed by atoms with Gasteiger partial charge in [0.1, 0.15) is 0 Å². The zero-order valence-corrected chi connectivity index (χ0v) is 14.7. The molecule has 0 aliphatic rings. The first kappa shape index (κ1) is 21.5. The standard InChI is InChI=1S/C18H33ClO3/c1-2-3-4-5-6-7-8-9-10-11-12-13-14-15-16(19)17(20)18(21)22/h9-10,16-17,20H,2-8,11-15H2,1H3,(H,21,22)/b10-9-/t16?,17-/m0/s1. The molecule has 0 heterocycles. The number of hydrogen-bond acceptors (Lipinski definition) is 2. The maximum atomic E-state index is 10.5. The van der Waals surface area contributed by atoms with Gasteiger partial charge in [-0.05, 0) is 32.1 Å². The third-order valence-corrected chi connectivity index (χ3v) is 4.29. The molecule has 0 spiro atoms. The third kappa shape index (κ3) is 13.1. The van der Waals surface area contributed by atoms with E-state index in [1.54, 1.807) is 0 Å². The van der Waals surface area contributed by atoms with Gasteiger partial charge in [-0.1, -0.05) is 64.0 Å². The van der Waals surface area contributed by atoms with Crippen LogP contribution in [0, 0.1) is 0 Å². The zero-order valence-electron chi connectivity index (χ0n) is 14.0. The normalized spacial score (nSPS) is 14.3. The van der Waals surface area contributed by atoms with Crippen LogP contribution in [0.1, 0.15) is 84.0 Å². The second-order valence-corrected chi connectivity index (χ2v) is 6.53. The van der Waals surface area contributed by atoms with Gasteiger partial charge in [-0.25, -0.2) is 4.79 Å². The minimum Gasteiger partial charge on any atom is -0.479 e. The molecule has 0 radical (unpaired) electrons. The lowest BCUT2D eigenvalue weighted by Gasteiger charge is -2.12. The number of rotatable bonds is 15. The summed E-state index contributed by atoms with van der Waals surface area (Å²) in [6.45, 7) is 2.24. The largest absolute Gasteiger partial charge is 0.479 e. The molecule has 0 aromatic carbocycles. The second-order valence-electron chi connectivity index (χ2n) is 5.96. The van der Waals surface area contributed by atoms with Crippen molar-refractivity contribution in [2.45, 2.75) is 95.5 Å². The molecule has 130 valence electrons. The Hall–Kier alpha value is -0.540. The van der Waals surface area contributed by atoms with Crippen molar-refractivity contribution < 1.29 is 15.0 Å². The van der Waals surface area contributed by atoms with Gasteiger partial charge in [0.25, 0.3) is 0 Å². The molecule has 0 aromatic heterocycles. The smallest absolute Gasteiger partial charge is 0.334 e. The minimum absolute atomic E-state index is 0.552. The van der Waals surface area contributed by atoms with Gasteiger partial charge in [0.15, 0.2) is 6.10 Å². The highest BCUT2D eigenvalue weighted by Crippen LogP contribution is 2.14. The van der Waals surface area contributed by atoms with Gasteiger partial charge < -0.3 is 10.2 Å². The second kappa shape index (κ2) is 15.4. The fourth-order valence-corrected chi connectivity index (χ4v) is 2.63. The number of allylic oxidation sites excluding steroid dienone is 2. The SMILES string of the molecule is CCCCCCCC/C=C\CCCCCC(Cl)[C@H](O)C(=O)O. The number of hydrogen-bond donors (Lipinski definition) is 2. The quantitative estimate of drug-likeness (QED) is 0.243. The van der Waals surface area contributed by atoms with E-state index in [0.29, 0.717) is 6.42 Å². The first-order valence-electron chi connectivity index (χ1n) is 8.79. The maximum absolute atomic E-state index is 10.5. The minimum atomic E-state index is -1.45. The fourth-order valence-electron chi connectivity index (χ4n) is 2.37. The molecule has 2 atom stereocenters. The summed E-state index contributed by atoms with van der Waals surface area (Å²) >= 11 is 5.82. The molecule has 0 saturated carbocycles. The van der Waals surface area contributed by atoms with Crippen molar-refractivity contribution in [1.82, 2.24) is 0 Å². The molecule has 0 aromatic rings. The van der Waals surface area contributed by atoms with Crippen molar-refractivity contribution >= 4 is 17.6 Å². The number of aliphatic hydroxyl groups is 1. The number of halogens is 1. The number of aliphatic carboxylic acids is 1. The predicted octanol–water partition coefficient (Wildman–Crippen LogP) is 5.30. The Morgan fingerprint density at radius 1 is 0.955 bits per heavy atom. The Kier molecular flexibility index (Phi) is 15.0. The number of alkyl halides is 1. The molecule has 0 saturated heterocycles. The number of aliphatic hydroxyl groups excluding tert-OH is 1. The zero-order chi connectivity index (χ0) is 16.6. The van der Waals surface area contributed by atoms with Crippen LogP contribution in [0.4, 0.5) is 0 Å². The van der Waals surface area contributed by atoms with E-state index in [-0.39, 0.29) is 0 Å². The summed E-state index contributed by atoms with van der Waals surface area (Å²) in [6.07, 6.45) is 16.9. The van der Waals surface area contributed by atoms with E-state index in [1.807, 2.05) is 0 Å². The van der Waals surface area contributed by atoms with Crippen LogP contribution < -0.4 is 0 Å². The molecule has 0 bridgehead atoms. The molecule has 0 rings (SSSR count). The lowest BCUT2D eigenvalue weighted by molar-refractivity contribution is -0.146. The topological polar surface area (TPSA) is 57.5 Å². The number of carbonyl (C=O) groups is 1. The molecule has 0 fully saturated rings. The first-order chi connectivity index (χ1) is 10.6. The summed E-state index contributed by atoms with van der Waals surface area (Å²) in [6, 6.07) is 0. The van der Waals surface area contributed by atoms with Crippen LogP contribution in [0.2, 0.25) is 0 Å². The van der Waals surface area contributed by atoms with Gasteiger partial charge in [-0.2, -0.15) is 0 Å². The molecule has 0 aliphatic heterocycles. The first-order valence-corrected chi connectivity index (χ1v) is 9.23. The highest BCUT2D eigenvalue weighted by atomic mass is 35.5. The Morgan fingerprint density at radius 3 is 2.00 bits per heavy atom. The fraction of sp³-hybridized carbons (Fsp3) is 0.833. The number of unbranched alkanes of at least 4 members (excludes halogenated alkanes) is 9. The summed E-state index contributed by atoms with van der Waals surface area (Å²) in [5.41, 5.74) is 0. The molecular weight excluding hydrogens is 300 g/mol. The molecular formula is C18H33ClO3. The molecule has 4 heteroatoms. The van der Waals surface area contributed by atoms with Crippen molar-refractivity contribution in [3.63, 3.8) is 0 Å². The molecule has 0 aliphatic carbocycles. The van der Waals surface area contributed by atoms with Crippen LogP contribution in [0.3, 0.4) is 0 Å². The van der Waals surface area contributed by atoms with Gasteiger partial charge in [0.05, 0.1) is 5.38 Å². The third-order valence-electron chi connectivity index (χ3n) is 3.84. The molecule has 2 N–H and O–H groups in total. The van der Waals surface area contributed by atoms with Crippen molar-refractivity contribution in [1.29, 1.82) is 0 Å². The molecule has 1 unspecified atom stereocenters. The van der Waals surface area contributed by atoms with Crippen molar-refractivity contribution in [2.75, 3.05) is 0 Å². The van der Waals surface area contributed by atoms with Crippen LogP contribution in [-0.2, 0) is 4.79 Å². The highest BCUT2D eigenvalue weighted by Gasteiger charge is 2.22. The van der Waals surface area contributed by atoms with Crippen LogP contribution in [0.5, 0.6) is 0 Å². The summed E-state index contributed by atoms with van der Waals surface area (Å²) in [5.74, 6) is -1.24. The van der Waals surface area contributed by atoms with Crippen LogP contribution in [0.25, 0.3) is 0 Å². The Balaban J connectivity index is 3.32. The van der Waals surface area contributed by atoms with Gasteiger partial charge in [0.2, 0.25) is 0 Å². The van der Waals surface area contributed by atoms with Crippen molar-refractivity contribution in [3.05, 3.63) is 12.2 Å². The Morgan fingerprint density at radius 2 is 1.45 bits per heavy atom. The van der Waals surface area contributed by atoms with E-state index in [1.165, 1.54) is 44.9 Å². The summed E-state index contributed by atoms with van der Waals surface area (Å²) in [7, 11) is 0. The van der Waals surface area contributed by atoms with Gasteiger partial charge in [-0.15, -0.1) is 11.6 Å². The van der Waals surface area contributed by atoms with E-state index in [2.05, 4.69) is 19.1 Å². The Bertz CT molecular complexity index is 292. The van der Waals surface area contributed by atoms with Gasteiger partial charge >= 0.3 is 5.97 Å². The number of carboxylic acid groups (broad SMARTS) is 1. The van der Waals surface area contributed by atoms with Crippen LogP contribution in [-0.4, -0.2) is 27.7 Å². The average Bonchev–Trinajstić information content (AvgIpc) is 2.50. The predicted molar refractivity (Wildman–Crippen MR) is 93.5 cm³/mol. The summed E-state index contributed by atoms with van der Waals surface area (Å²) in [4.78, 5) is 10.5. The van der Waals surface area contributed by atoms with Crippen molar-refractivity contribution in [2.24, 2.45) is 0 Å². The van der Waals surface area contributed by atoms with Crippen LogP contribution in [0.15, 0.2) is 12.2 Å². The Labute approximate surface area is 140 Å². The van der Waals surface area contributed by atoms with Gasteiger partial charge in [-0.3, -0.25) is 0 Å². The average molecular weight is 333 g/mol. The molecule has 3 nitrogen and oxygen atoms in total. The van der Waals surface area contributed by atoms with Gasteiger partial charge in [0, 0.05) is 0 Å². The van der Waals surface area contributed by atoms with E-state index in [4.69, 9.17) is 16.7 Å². The lowest BCUT2D eigenvalue weighted by atomic mass is 10.1. The monoisotopic (exact) mass is 332 g/mol. The maximum Gasteiger partial charge on any atom is 0.334 e. The van der Waals surface area contributed by atoms with E-state index in [0.717, 1.165) is 25.7 Å². The summed E-state index contributed by atoms with van der Waals surface area (Å²) in [5, 5.41) is 17.2. The van der Waals surface area contributed by atoms with E-state index < -0.39 is 17.5 Å². The van der Waals surface area contributed by atoms with E-state index >= 15 is 0 Å². The summed E-state index contributed by atoms with van der Waals surface area (Å²) < 4.78 is 0. The number of carboxylic acids is 1. The van der Waals surface area contributed by atoms with Crippen LogP contribution >= 0.6 is 11.6 Å². The molecule has 22 heavy (non-hydrogen) atoms. The highest BCUT2D eigenvalue weighted by molar-refractivity contribution is 6.22. The van der Waals surface area contributed by atoms with E-state index in [9.17, 15) is 9.90 Å².